The summed E-state index contributed by atoms with van der Waals surface area (Å²) in [4.78, 5) is 72.9. The second kappa shape index (κ2) is 71.6. The van der Waals surface area contributed by atoms with Crippen LogP contribution in [0.15, 0.2) is 85.1 Å². The number of carbonyl (C=O) groups is 4. The molecule has 0 saturated carbocycles. The Labute approximate surface area is 595 Å². The third-order valence-electron chi connectivity index (χ3n) is 16.3. The summed E-state index contributed by atoms with van der Waals surface area (Å²) in [5, 5.41) is 10.6. The van der Waals surface area contributed by atoms with Crippen molar-refractivity contribution in [3.8, 4) is 0 Å². The van der Waals surface area contributed by atoms with Gasteiger partial charge in [0, 0.05) is 25.7 Å². The molecule has 3 N–H and O–H groups in total. The van der Waals surface area contributed by atoms with Crippen LogP contribution in [0.2, 0.25) is 0 Å². The van der Waals surface area contributed by atoms with E-state index in [-0.39, 0.29) is 25.7 Å². The molecule has 0 amide bonds. The van der Waals surface area contributed by atoms with Gasteiger partial charge in [0.1, 0.15) is 19.3 Å². The number of ether oxygens (including phenoxy) is 4. The fourth-order valence-corrected chi connectivity index (χ4v) is 11.9. The predicted octanol–water partition coefficient (Wildman–Crippen LogP) is 22.2. The Bertz CT molecular complexity index is 2190. The van der Waals surface area contributed by atoms with Crippen molar-refractivity contribution in [2.75, 3.05) is 39.6 Å². The van der Waals surface area contributed by atoms with E-state index < -0.39 is 97.5 Å². The molecule has 0 aliphatic heterocycles. The fourth-order valence-electron chi connectivity index (χ4n) is 10.3. The topological polar surface area (TPSA) is 237 Å². The lowest BCUT2D eigenvalue weighted by Gasteiger charge is -2.21. The van der Waals surface area contributed by atoms with Crippen LogP contribution in [0.25, 0.3) is 0 Å². The SMILES string of the molecule is CCCCC/C=C\C/C=C\CCCCCCCC(=O)OC[C@H](COP(=O)(O)OC[C@@H](O)COP(=O)(O)OC[C@@H](COC(=O)CCCCCCC/C=C\C=C/CCCCCC)OC(=O)CCCCCCC/C=C\C/C=C\CCCCC)OC(=O)CCCCCCC/C=C\CCCCCC. The summed E-state index contributed by atoms with van der Waals surface area (Å²) in [5.74, 6) is -2.22. The van der Waals surface area contributed by atoms with E-state index in [1.54, 1.807) is 0 Å². The monoisotopic (exact) mass is 1420 g/mol. The molecule has 0 saturated heterocycles. The number of carbonyl (C=O) groups excluding carboxylic acids is 4. The normalized spacial score (nSPS) is 14.4. The average molecular weight is 1420 g/mol. The van der Waals surface area contributed by atoms with Crippen molar-refractivity contribution >= 4 is 39.5 Å². The maximum absolute atomic E-state index is 13.1. The second-order valence-electron chi connectivity index (χ2n) is 26.0. The zero-order valence-corrected chi connectivity index (χ0v) is 63.7. The van der Waals surface area contributed by atoms with E-state index in [0.29, 0.717) is 25.7 Å². The summed E-state index contributed by atoms with van der Waals surface area (Å²) in [6.45, 7) is 4.76. The number of aliphatic hydroxyl groups excluding tert-OH is 1. The molecule has 0 aromatic rings. The summed E-state index contributed by atoms with van der Waals surface area (Å²) in [6, 6.07) is 0. The van der Waals surface area contributed by atoms with Gasteiger partial charge < -0.3 is 33.8 Å². The van der Waals surface area contributed by atoms with Crippen LogP contribution in [0.5, 0.6) is 0 Å². The summed E-state index contributed by atoms with van der Waals surface area (Å²) in [5.41, 5.74) is 0. The highest BCUT2D eigenvalue weighted by Gasteiger charge is 2.30. The lowest BCUT2D eigenvalue weighted by atomic mass is 10.1. The Morgan fingerprint density at radius 2 is 0.531 bits per heavy atom. The second-order valence-corrected chi connectivity index (χ2v) is 28.9. The van der Waals surface area contributed by atoms with E-state index in [1.165, 1.54) is 89.9 Å². The van der Waals surface area contributed by atoms with Crippen LogP contribution in [0.1, 0.15) is 336 Å². The first-order valence-corrected chi connectivity index (χ1v) is 41.8. The van der Waals surface area contributed by atoms with Crippen molar-refractivity contribution in [3.05, 3.63) is 85.1 Å². The highest BCUT2D eigenvalue weighted by molar-refractivity contribution is 7.47. The van der Waals surface area contributed by atoms with E-state index in [2.05, 4.69) is 113 Å². The molecule has 0 rings (SSSR count). The Morgan fingerprint density at radius 1 is 0.296 bits per heavy atom. The smallest absolute Gasteiger partial charge is 0.462 e. The minimum Gasteiger partial charge on any atom is -0.462 e. The van der Waals surface area contributed by atoms with Gasteiger partial charge in [-0.25, -0.2) is 9.13 Å². The van der Waals surface area contributed by atoms with Gasteiger partial charge in [0.25, 0.3) is 0 Å². The van der Waals surface area contributed by atoms with Crippen molar-refractivity contribution in [2.45, 2.75) is 354 Å². The van der Waals surface area contributed by atoms with Crippen molar-refractivity contribution in [2.24, 2.45) is 0 Å². The van der Waals surface area contributed by atoms with Crippen LogP contribution in [-0.2, 0) is 65.4 Å². The van der Waals surface area contributed by atoms with Gasteiger partial charge in [-0.3, -0.25) is 37.3 Å². The van der Waals surface area contributed by atoms with Crippen molar-refractivity contribution < 1.29 is 80.2 Å². The van der Waals surface area contributed by atoms with Crippen LogP contribution in [0.4, 0.5) is 0 Å². The Balaban J connectivity index is 5.37. The molecule has 568 valence electrons. The molecule has 5 atom stereocenters. The van der Waals surface area contributed by atoms with Crippen LogP contribution < -0.4 is 0 Å². The maximum Gasteiger partial charge on any atom is 0.472 e. The standard InChI is InChI=1S/C79H140O17P2/c1-5-9-13-17-21-25-29-33-36-40-43-47-51-55-59-63-76(81)89-69-74(95-78(83)65-61-57-53-49-45-39-32-28-24-20-16-12-8-4)71-93-97(85,86)91-67-73(80)68-92-98(87,88)94-72-75(96-79(84)66-62-58-54-50-46-42-38-35-31-27-23-19-15-11-7-3)70-90-77(82)64-60-56-52-48-44-41-37-34-30-26-22-18-14-10-6-2/h21,23,25-28,30,32-38,73-75,80H,5-20,22,24,29,31,39-72H2,1-4H3,(H,85,86)(H,87,88)/b25-21-,27-23-,30-26-,32-28-,36-33-,37-34-,38-35-/t73-,74-,75-/m1/s1. The molecule has 0 aliphatic carbocycles. The molecule has 17 nitrogen and oxygen atoms in total. The van der Waals surface area contributed by atoms with Crippen LogP contribution in [0.3, 0.4) is 0 Å². The maximum atomic E-state index is 13.1. The lowest BCUT2D eigenvalue weighted by molar-refractivity contribution is -0.161. The first-order valence-electron chi connectivity index (χ1n) is 38.8. The summed E-state index contributed by atoms with van der Waals surface area (Å²) in [7, 11) is -9.96. The van der Waals surface area contributed by atoms with Gasteiger partial charge in [-0.05, 0) is 141 Å². The number of aliphatic hydroxyl groups is 1. The Morgan fingerprint density at radius 3 is 0.847 bits per heavy atom. The molecule has 0 aromatic carbocycles. The number of rotatable bonds is 73. The lowest BCUT2D eigenvalue weighted by Crippen LogP contribution is -2.30. The molecule has 0 heterocycles. The molecule has 0 bridgehead atoms. The van der Waals surface area contributed by atoms with Crippen molar-refractivity contribution in [1.82, 2.24) is 0 Å². The predicted molar refractivity (Wildman–Crippen MR) is 399 cm³/mol. The first kappa shape index (κ1) is 94.2. The van der Waals surface area contributed by atoms with Crippen LogP contribution in [-0.4, -0.2) is 96.7 Å². The summed E-state index contributed by atoms with van der Waals surface area (Å²) < 4.78 is 68.5. The molecular weight excluding hydrogens is 1280 g/mol. The van der Waals surface area contributed by atoms with Gasteiger partial charge >= 0.3 is 39.5 Å². The third kappa shape index (κ3) is 70.7. The van der Waals surface area contributed by atoms with Crippen LogP contribution >= 0.6 is 15.6 Å². The molecule has 98 heavy (non-hydrogen) atoms. The number of unbranched alkanes of at least 4 members (excludes halogenated alkanes) is 34. The van der Waals surface area contributed by atoms with E-state index in [9.17, 15) is 43.2 Å². The average Bonchev–Trinajstić information content (AvgIpc) is 0.959. The molecule has 0 radical (unpaired) electrons. The van der Waals surface area contributed by atoms with E-state index in [4.69, 9.17) is 37.0 Å². The summed E-state index contributed by atoms with van der Waals surface area (Å²) >= 11 is 0. The van der Waals surface area contributed by atoms with Crippen molar-refractivity contribution in [3.63, 3.8) is 0 Å². The summed E-state index contributed by atoms with van der Waals surface area (Å²) in [6.07, 6.45) is 72.7. The quantitative estimate of drug-likeness (QED) is 0.0128. The zero-order chi connectivity index (χ0) is 71.8. The third-order valence-corrected chi connectivity index (χ3v) is 18.2. The van der Waals surface area contributed by atoms with Gasteiger partial charge in [0.2, 0.25) is 0 Å². The van der Waals surface area contributed by atoms with Gasteiger partial charge in [-0.1, -0.05) is 254 Å². The number of phosphoric ester groups is 2. The van der Waals surface area contributed by atoms with E-state index >= 15 is 0 Å². The fraction of sp³-hybridized carbons (Fsp3) is 0.772. The van der Waals surface area contributed by atoms with Crippen molar-refractivity contribution in [1.29, 1.82) is 0 Å². The minimum absolute atomic E-state index is 0.0764. The zero-order valence-electron chi connectivity index (χ0n) is 62.0. The first-order chi connectivity index (χ1) is 47.7. The number of hydrogen-bond acceptors (Lipinski definition) is 15. The Hall–Kier alpha value is -3.76. The molecule has 19 heteroatoms. The van der Waals surface area contributed by atoms with Gasteiger partial charge in [0.15, 0.2) is 12.2 Å². The number of hydrogen-bond donors (Lipinski definition) is 3. The Kier molecular flexibility index (Phi) is 68.9. The number of esters is 4. The van der Waals surface area contributed by atoms with Gasteiger partial charge in [-0.2, -0.15) is 0 Å². The van der Waals surface area contributed by atoms with E-state index in [0.717, 1.165) is 167 Å². The number of allylic oxidation sites excluding steroid dienone is 14. The highest BCUT2D eigenvalue weighted by atomic mass is 31.2. The minimum atomic E-state index is -4.98. The molecule has 2 unspecified atom stereocenters. The highest BCUT2D eigenvalue weighted by Crippen LogP contribution is 2.45. The molecule has 0 aromatic heterocycles. The number of phosphoric acid groups is 2. The van der Waals surface area contributed by atoms with Gasteiger partial charge in [0.05, 0.1) is 26.4 Å². The molecular formula is C79H140O17P2. The van der Waals surface area contributed by atoms with Gasteiger partial charge in [-0.15, -0.1) is 0 Å². The molecule has 0 fully saturated rings. The molecule has 0 aliphatic rings. The van der Waals surface area contributed by atoms with Crippen LogP contribution in [0, 0.1) is 0 Å². The largest absolute Gasteiger partial charge is 0.472 e. The molecule has 0 spiro atoms. The van der Waals surface area contributed by atoms with E-state index in [1.807, 2.05) is 0 Å².